The maximum atomic E-state index is 10.4. The second kappa shape index (κ2) is 1.60. The van der Waals surface area contributed by atoms with Crippen LogP contribution in [0.2, 0.25) is 0 Å². The lowest BCUT2D eigenvalue weighted by molar-refractivity contribution is 0.472. The van der Waals surface area contributed by atoms with Gasteiger partial charge in [-0.15, -0.1) is 0 Å². The molecule has 0 aromatic carbocycles. The molecule has 1 aromatic rings. The van der Waals surface area contributed by atoms with Gasteiger partial charge in [-0.3, -0.25) is 4.98 Å². The van der Waals surface area contributed by atoms with Crippen molar-refractivity contribution < 1.29 is 4.42 Å². The molecular formula is C4HN3O2S. The summed E-state index contributed by atoms with van der Waals surface area (Å²) in [7, 11) is 0. The zero-order valence-electron chi connectivity index (χ0n) is 4.62. The van der Waals surface area contributed by atoms with Crippen LogP contribution >= 0.6 is 12.2 Å². The third-order valence-electron chi connectivity index (χ3n) is 1.02. The Morgan fingerprint density at radius 3 is 3.00 bits per heavy atom. The standard InChI is InChI=1S/C4HN3O2S/c8-4-6-1-2(9-4)7-3(10)5-1/h(H,5,6,8,10). The van der Waals surface area contributed by atoms with E-state index in [4.69, 9.17) is 0 Å². The molecule has 5 nitrogen and oxygen atoms in total. The molecule has 2 rings (SSSR count). The Labute approximate surface area is 59.1 Å². The number of fused-ring (bicyclic) bond motifs is 1. The van der Waals surface area contributed by atoms with Gasteiger partial charge in [0.15, 0.2) is 0 Å². The molecule has 0 amide bonds. The zero-order chi connectivity index (χ0) is 7.14. The Morgan fingerprint density at radius 1 is 1.50 bits per heavy atom. The van der Waals surface area contributed by atoms with Gasteiger partial charge in [-0.05, 0) is 12.2 Å². The highest BCUT2D eigenvalue weighted by Crippen LogP contribution is 1.80. The Bertz CT molecular complexity index is 415. The minimum Gasteiger partial charge on any atom is -0.387 e. The Morgan fingerprint density at radius 2 is 2.30 bits per heavy atom. The second-order valence-corrected chi connectivity index (χ2v) is 2.04. The largest absolute Gasteiger partial charge is 0.419 e. The van der Waals surface area contributed by atoms with E-state index in [-0.39, 0.29) is 10.7 Å². The minimum atomic E-state index is -0.556. The van der Waals surface area contributed by atoms with E-state index in [9.17, 15) is 4.79 Å². The number of hydrogen-bond acceptors (Lipinski definition) is 3. The molecule has 0 atom stereocenters. The van der Waals surface area contributed by atoms with Crippen molar-refractivity contribution in [2.24, 2.45) is 9.98 Å². The van der Waals surface area contributed by atoms with Crippen LogP contribution < -0.4 is 16.8 Å². The van der Waals surface area contributed by atoms with Gasteiger partial charge in [0.05, 0.1) is 0 Å². The van der Waals surface area contributed by atoms with Crippen LogP contribution in [0, 0.1) is 0 Å². The van der Waals surface area contributed by atoms with Gasteiger partial charge in [-0.25, -0.2) is 4.79 Å². The summed E-state index contributed by atoms with van der Waals surface area (Å²) in [5, 5.41) is 0.185. The maximum Gasteiger partial charge on any atom is 0.419 e. The van der Waals surface area contributed by atoms with Gasteiger partial charge in [0.2, 0.25) is 10.6 Å². The van der Waals surface area contributed by atoms with Crippen LogP contribution in [-0.4, -0.2) is 10.1 Å². The predicted molar refractivity (Wildman–Crippen MR) is 34.2 cm³/mol. The Hall–Kier alpha value is -1.30. The van der Waals surface area contributed by atoms with E-state index in [0.717, 1.165) is 0 Å². The van der Waals surface area contributed by atoms with Crippen molar-refractivity contribution in [3.63, 3.8) is 0 Å². The van der Waals surface area contributed by atoms with Crippen LogP contribution in [0.5, 0.6) is 0 Å². The molecule has 0 saturated carbocycles. The molecule has 50 valence electrons. The monoisotopic (exact) mass is 155 g/mol. The predicted octanol–water partition coefficient (Wildman–Crippen LogP) is -1.49. The van der Waals surface area contributed by atoms with Gasteiger partial charge in [0.25, 0.3) is 5.55 Å². The molecule has 1 aromatic heterocycles. The summed E-state index contributed by atoms with van der Waals surface area (Å²) in [5.41, 5.74) is 0.491. The summed E-state index contributed by atoms with van der Waals surface area (Å²) < 4.78 is 4.54. The van der Waals surface area contributed by atoms with Crippen molar-refractivity contribution in [2.75, 3.05) is 0 Å². The summed E-state index contributed by atoms with van der Waals surface area (Å²) >= 11 is 4.61. The highest BCUT2D eigenvalue weighted by molar-refractivity contribution is 7.80. The summed E-state index contributed by atoms with van der Waals surface area (Å²) in [4.78, 5) is 20.1. The quantitative estimate of drug-likeness (QED) is 0.464. The fourth-order valence-corrected chi connectivity index (χ4v) is 0.845. The fourth-order valence-electron chi connectivity index (χ4n) is 0.671. The minimum absolute atomic E-state index is 0.176. The molecule has 0 saturated heterocycles. The van der Waals surface area contributed by atoms with Crippen molar-refractivity contribution in [3.05, 3.63) is 21.6 Å². The summed E-state index contributed by atoms with van der Waals surface area (Å²) in [5.74, 6) is -0.556. The van der Waals surface area contributed by atoms with Crippen LogP contribution in [0.3, 0.4) is 0 Å². The van der Waals surface area contributed by atoms with Crippen molar-refractivity contribution in [1.82, 2.24) is 4.98 Å². The van der Waals surface area contributed by atoms with E-state index in [1.807, 2.05) is 0 Å². The van der Waals surface area contributed by atoms with E-state index in [1.165, 1.54) is 0 Å². The van der Waals surface area contributed by atoms with Crippen molar-refractivity contribution in [3.8, 4) is 0 Å². The highest BCUT2D eigenvalue weighted by atomic mass is 32.1. The first-order chi connectivity index (χ1) is 4.75. The molecule has 2 heterocycles. The van der Waals surface area contributed by atoms with Crippen LogP contribution in [0.25, 0.3) is 0 Å². The number of nitrogens with one attached hydrogen (secondary N) is 1. The first-order valence-corrected chi connectivity index (χ1v) is 2.87. The molecule has 0 radical (unpaired) electrons. The number of rotatable bonds is 0. The van der Waals surface area contributed by atoms with Crippen LogP contribution in [0.1, 0.15) is 0 Å². The number of oxazole rings is 1. The average molecular weight is 155 g/mol. The van der Waals surface area contributed by atoms with Gasteiger partial charge >= 0.3 is 5.76 Å². The van der Waals surface area contributed by atoms with E-state index in [1.54, 1.807) is 0 Å². The molecule has 10 heavy (non-hydrogen) atoms. The van der Waals surface area contributed by atoms with Gasteiger partial charge in [0, 0.05) is 0 Å². The Balaban J connectivity index is 3.04. The summed E-state index contributed by atoms with van der Waals surface area (Å²) in [6.07, 6.45) is 0. The molecule has 0 aliphatic carbocycles. The lowest BCUT2D eigenvalue weighted by Crippen LogP contribution is -2.18. The molecule has 0 unspecified atom stereocenters. The number of thiocarbonyl (C=S) groups is 1. The number of nitrogens with zero attached hydrogens (tertiary/aromatic N) is 2. The number of aromatic nitrogens is 1. The zero-order valence-corrected chi connectivity index (χ0v) is 5.44. The first kappa shape index (κ1) is 5.48. The number of hydrogen-bond donors (Lipinski definition) is 1. The lowest BCUT2D eigenvalue weighted by Gasteiger charge is -1.71. The van der Waals surface area contributed by atoms with Crippen molar-refractivity contribution in [2.45, 2.75) is 0 Å². The first-order valence-electron chi connectivity index (χ1n) is 2.46. The Kier molecular flexibility index (Phi) is 0.877. The number of H-pyrrole nitrogens is 1. The molecule has 1 N–H and O–H groups in total. The molecule has 0 spiro atoms. The van der Waals surface area contributed by atoms with Gasteiger partial charge in [-0.2, -0.15) is 9.98 Å². The molecular weight excluding hydrogens is 154 g/mol. The molecule has 0 fully saturated rings. The third-order valence-corrected chi connectivity index (χ3v) is 1.20. The van der Waals surface area contributed by atoms with Crippen LogP contribution in [0.4, 0.5) is 0 Å². The van der Waals surface area contributed by atoms with Crippen molar-refractivity contribution in [1.29, 1.82) is 0 Å². The summed E-state index contributed by atoms with van der Waals surface area (Å²) in [6, 6.07) is 0. The lowest BCUT2D eigenvalue weighted by atomic mass is 10.9. The third kappa shape index (κ3) is 0.623. The molecule has 1 aliphatic heterocycles. The van der Waals surface area contributed by atoms with Crippen molar-refractivity contribution >= 4 is 17.3 Å². The van der Waals surface area contributed by atoms with E-state index < -0.39 is 5.76 Å². The fraction of sp³-hybridized carbons (Fsp3) is 0. The average Bonchev–Trinajstić information content (AvgIpc) is 2.21. The van der Waals surface area contributed by atoms with Crippen LogP contribution in [0.15, 0.2) is 19.2 Å². The topological polar surface area (TPSA) is 70.7 Å². The number of aromatic amines is 1. The van der Waals surface area contributed by atoms with E-state index >= 15 is 0 Å². The van der Waals surface area contributed by atoms with Crippen LogP contribution in [-0.2, 0) is 0 Å². The molecule has 0 bridgehead atoms. The maximum absolute atomic E-state index is 10.4. The SMILES string of the molecule is O=c1[nH]c2c(o1)=NC(=S)N=2. The highest BCUT2D eigenvalue weighted by Gasteiger charge is 2.05. The molecule has 1 aliphatic rings. The van der Waals surface area contributed by atoms with Gasteiger partial charge in [-0.1, -0.05) is 0 Å². The van der Waals surface area contributed by atoms with E-state index in [2.05, 4.69) is 31.6 Å². The normalized spacial score (nSPS) is 14.2. The van der Waals surface area contributed by atoms with Gasteiger partial charge in [0.1, 0.15) is 0 Å². The van der Waals surface area contributed by atoms with E-state index in [0.29, 0.717) is 5.49 Å². The summed E-state index contributed by atoms with van der Waals surface area (Å²) in [6.45, 7) is 0. The smallest absolute Gasteiger partial charge is 0.387 e. The van der Waals surface area contributed by atoms with Gasteiger partial charge < -0.3 is 4.42 Å². The molecule has 6 heteroatoms. The second-order valence-electron chi connectivity index (χ2n) is 1.67.